The topological polar surface area (TPSA) is 75.0 Å². The molecule has 0 fully saturated rings. The molecule has 0 radical (unpaired) electrons. The van der Waals surface area contributed by atoms with E-state index in [0.29, 0.717) is 11.4 Å². The van der Waals surface area contributed by atoms with Gasteiger partial charge >= 0.3 is 29.6 Å². The minimum Gasteiger partial charge on any atom is -0.543 e. The standard InChI is InChI=1S/C12H9BrN2O3.Na/c1-7-9(13)11(16)10(12(17)18)14-15(7)8-5-3-2-4-6-8;/h2-6H,1H3,(H,17,18);/q;+1/p-1. The van der Waals surface area contributed by atoms with Crippen LogP contribution in [0.15, 0.2) is 39.6 Å². The van der Waals surface area contributed by atoms with Crippen LogP contribution in [0.3, 0.4) is 0 Å². The Labute approximate surface area is 139 Å². The van der Waals surface area contributed by atoms with E-state index in [1.165, 1.54) is 4.68 Å². The van der Waals surface area contributed by atoms with Crippen LogP contribution in [0.4, 0.5) is 0 Å². The molecule has 0 amide bonds. The Kier molecular flexibility index (Phi) is 5.49. The molecule has 0 atom stereocenters. The molecule has 7 heteroatoms. The zero-order valence-electron chi connectivity index (χ0n) is 10.4. The monoisotopic (exact) mass is 330 g/mol. The van der Waals surface area contributed by atoms with Crippen LogP contribution in [0, 0.1) is 6.92 Å². The molecule has 2 rings (SSSR count). The van der Waals surface area contributed by atoms with E-state index >= 15 is 0 Å². The molecule has 0 saturated carbocycles. The Morgan fingerprint density at radius 1 is 1.32 bits per heavy atom. The third kappa shape index (κ3) is 3.14. The zero-order chi connectivity index (χ0) is 13.3. The van der Waals surface area contributed by atoms with Gasteiger partial charge in [-0.3, -0.25) is 4.79 Å². The first kappa shape index (κ1) is 16.1. The van der Waals surface area contributed by atoms with Crippen molar-refractivity contribution in [1.29, 1.82) is 0 Å². The summed E-state index contributed by atoms with van der Waals surface area (Å²) in [5.74, 6) is -1.59. The number of carboxylic acid groups (broad SMARTS) is 1. The van der Waals surface area contributed by atoms with E-state index in [1.807, 2.05) is 6.07 Å². The molecule has 0 aliphatic rings. The van der Waals surface area contributed by atoms with Gasteiger partial charge in [0.1, 0.15) is 0 Å². The van der Waals surface area contributed by atoms with Crippen LogP contribution >= 0.6 is 15.9 Å². The van der Waals surface area contributed by atoms with Crippen molar-refractivity contribution in [1.82, 2.24) is 9.78 Å². The first-order valence-corrected chi connectivity index (χ1v) is 5.88. The van der Waals surface area contributed by atoms with Gasteiger partial charge in [-0.25, -0.2) is 4.68 Å². The number of carbonyl (C=O) groups is 1. The van der Waals surface area contributed by atoms with E-state index < -0.39 is 17.1 Å². The Hall–Kier alpha value is -0.950. The maximum atomic E-state index is 11.7. The normalized spacial score (nSPS) is 9.79. The molecule has 19 heavy (non-hydrogen) atoms. The van der Waals surface area contributed by atoms with Gasteiger partial charge in [-0.2, -0.15) is 5.10 Å². The predicted molar refractivity (Wildman–Crippen MR) is 66.6 cm³/mol. The molecule has 0 saturated heterocycles. The Morgan fingerprint density at radius 2 is 1.89 bits per heavy atom. The number of hydrogen-bond donors (Lipinski definition) is 0. The number of aromatic nitrogens is 2. The molecule has 0 N–H and O–H groups in total. The van der Waals surface area contributed by atoms with Gasteiger partial charge in [0, 0.05) is 0 Å². The summed E-state index contributed by atoms with van der Waals surface area (Å²) < 4.78 is 1.55. The molecule has 0 spiro atoms. The third-order valence-corrected chi connectivity index (χ3v) is 3.38. The van der Waals surface area contributed by atoms with E-state index in [4.69, 9.17) is 0 Å². The van der Waals surface area contributed by atoms with Gasteiger partial charge in [-0.15, -0.1) is 0 Å². The van der Waals surface area contributed by atoms with Crippen molar-refractivity contribution in [3.05, 3.63) is 56.4 Å². The van der Waals surface area contributed by atoms with Crippen molar-refractivity contribution in [3.8, 4) is 5.69 Å². The Balaban J connectivity index is 0.00000180. The number of carbonyl (C=O) groups excluding carboxylic acids is 1. The molecule has 0 bridgehead atoms. The second-order valence-electron chi connectivity index (χ2n) is 3.61. The minimum atomic E-state index is -1.59. The van der Waals surface area contributed by atoms with Crippen LogP contribution in [-0.4, -0.2) is 15.7 Å². The van der Waals surface area contributed by atoms with Gasteiger partial charge in [0.25, 0.3) is 0 Å². The van der Waals surface area contributed by atoms with Crippen molar-refractivity contribution in [2.45, 2.75) is 6.92 Å². The first-order valence-electron chi connectivity index (χ1n) is 5.08. The molecular weight excluding hydrogens is 323 g/mol. The summed E-state index contributed by atoms with van der Waals surface area (Å²) in [6.07, 6.45) is 0. The molecule has 2 aromatic rings. The molecule has 1 heterocycles. The summed E-state index contributed by atoms with van der Waals surface area (Å²) in [5, 5.41) is 14.7. The number of hydrogen-bond acceptors (Lipinski definition) is 4. The second-order valence-corrected chi connectivity index (χ2v) is 4.40. The summed E-state index contributed by atoms with van der Waals surface area (Å²) in [6, 6.07) is 8.93. The van der Waals surface area contributed by atoms with E-state index in [2.05, 4.69) is 21.0 Å². The molecule has 92 valence electrons. The summed E-state index contributed by atoms with van der Waals surface area (Å²) >= 11 is 3.08. The SMILES string of the molecule is Cc1c(Br)c(=O)c(C(=O)[O-])nn1-c1ccccc1.[Na+]. The van der Waals surface area contributed by atoms with E-state index in [-0.39, 0.29) is 34.0 Å². The summed E-state index contributed by atoms with van der Waals surface area (Å²) in [4.78, 5) is 22.5. The number of para-hydroxylation sites is 1. The van der Waals surface area contributed by atoms with Crippen LogP contribution in [0.2, 0.25) is 0 Å². The fourth-order valence-electron chi connectivity index (χ4n) is 1.54. The van der Waals surface area contributed by atoms with E-state index in [0.717, 1.165) is 0 Å². The Morgan fingerprint density at radius 3 is 2.42 bits per heavy atom. The fourth-order valence-corrected chi connectivity index (χ4v) is 1.89. The molecule has 0 aliphatic carbocycles. The fraction of sp³-hybridized carbons (Fsp3) is 0.0833. The third-order valence-electron chi connectivity index (χ3n) is 2.44. The Bertz CT molecular complexity index is 671. The van der Waals surface area contributed by atoms with Crippen LogP contribution < -0.4 is 40.1 Å². The van der Waals surface area contributed by atoms with Crippen LogP contribution in [0.5, 0.6) is 0 Å². The van der Waals surface area contributed by atoms with Crippen molar-refractivity contribution in [2.24, 2.45) is 0 Å². The van der Waals surface area contributed by atoms with Gasteiger partial charge in [0.15, 0.2) is 5.69 Å². The van der Waals surface area contributed by atoms with Crippen molar-refractivity contribution in [3.63, 3.8) is 0 Å². The molecule has 0 unspecified atom stereocenters. The van der Waals surface area contributed by atoms with Crippen molar-refractivity contribution in [2.75, 3.05) is 0 Å². The van der Waals surface area contributed by atoms with Gasteiger partial charge in [-0.05, 0) is 35.0 Å². The average molecular weight is 331 g/mol. The summed E-state index contributed by atoms with van der Waals surface area (Å²) in [7, 11) is 0. The summed E-state index contributed by atoms with van der Waals surface area (Å²) in [6.45, 7) is 1.67. The largest absolute Gasteiger partial charge is 1.00 e. The van der Waals surface area contributed by atoms with Crippen LogP contribution in [-0.2, 0) is 0 Å². The minimum absolute atomic E-state index is 0. The van der Waals surface area contributed by atoms with E-state index in [9.17, 15) is 14.7 Å². The number of nitrogens with zero attached hydrogens (tertiary/aromatic N) is 2. The van der Waals surface area contributed by atoms with Gasteiger partial charge in [0.05, 0.1) is 21.8 Å². The molecule has 1 aromatic carbocycles. The first-order chi connectivity index (χ1) is 8.52. The van der Waals surface area contributed by atoms with Crippen molar-refractivity contribution >= 4 is 21.9 Å². The molecule has 1 aromatic heterocycles. The van der Waals surface area contributed by atoms with E-state index in [1.54, 1.807) is 31.2 Å². The second kappa shape index (κ2) is 6.47. The van der Waals surface area contributed by atoms with Gasteiger partial charge in [-0.1, -0.05) is 18.2 Å². The molecule has 5 nitrogen and oxygen atoms in total. The van der Waals surface area contributed by atoms with Gasteiger partial charge in [0.2, 0.25) is 5.43 Å². The molecular formula is C12H8BrN2NaO3. The number of halogens is 1. The quantitative estimate of drug-likeness (QED) is 0.579. The predicted octanol–water partition coefficient (Wildman–Crippen LogP) is -2.33. The maximum absolute atomic E-state index is 11.7. The number of benzene rings is 1. The van der Waals surface area contributed by atoms with Crippen molar-refractivity contribution < 1.29 is 39.5 Å². The smallest absolute Gasteiger partial charge is 0.543 e. The zero-order valence-corrected chi connectivity index (χ0v) is 14.0. The summed E-state index contributed by atoms with van der Waals surface area (Å²) in [5.41, 5.74) is -0.106. The van der Waals surface area contributed by atoms with Gasteiger partial charge < -0.3 is 9.90 Å². The van der Waals surface area contributed by atoms with Crippen LogP contribution in [0.1, 0.15) is 16.2 Å². The number of rotatable bonds is 2. The van der Waals surface area contributed by atoms with Crippen LogP contribution in [0.25, 0.3) is 5.69 Å². The maximum Gasteiger partial charge on any atom is 1.00 e. The number of aromatic carboxylic acids is 1. The number of carboxylic acids is 1. The average Bonchev–Trinajstić information content (AvgIpc) is 2.37. The molecule has 0 aliphatic heterocycles.